The minimum Gasteiger partial charge on any atom is -0.312 e. The normalized spacial score (nSPS) is 13.8. The minimum absolute atomic E-state index is 0.0293. The topological polar surface area (TPSA) is 66.5 Å². The Bertz CT molecular complexity index is 920. The van der Waals surface area contributed by atoms with Crippen LogP contribution in [0, 0.1) is 0 Å². The molecule has 5 nitrogen and oxygen atoms in total. The zero-order valence-corrected chi connectivity index (χ0v) is 15.4. The van der Waals surface area contributed by atoms with Crippen molar-refractivity contribution in [2.24, 2.45) is 0 Å². The van der Waals surface area contributed by atoms with Crippen molar-refractivity contribution in [3.63, 3.8) is 0 Å². The number of anilines is 2. The standard InChI is InChI=1S/C19H22N2O3S/c1-13(2)17-6-4-5-7-18(17)20-25(23,24)16-8-9-19-15(12-16)10-11-21(19)14(3)22/h4-9,12-13,20H,10-11H2,1-3H3. The fraction of sp³-hybridized carbons (Fsp3) is 0.316. The highest BCUT2D eigenvalue weighted by atomic mass is 32.2. The molecule has 1 heterocycles. The van der Waals surface area contributed by atoms with Crippen LogP contribution in [-0.4, -0.2) is 20.9 Å². The molecule has 1 aliphatic heterocycles. The molecule has 0 aliphatic carbocycles. The Balaban J connectivity index is 1.93. The fourth-order valence-electron chi connectivity index (χ4n) is 3.17. The van der Waals surface area contributed by atoms with Crippen molar-refractivity contribution < 1.29 is 13.2 Å². The number of nitrogens with zero attached hydrogens (tertiary/aromatic N) is 1. The van der Waals surface area contributed by atoms with Crippen LogP contribution >= 0.6 is 0 Å². The number of sulfonamides is 1. The van der Waals surface area contributed by atoms with Crippen LogP contribution in [0.5, 0.6) is 0 Å². The first kappa shape index (κ1) is 17.5. The van der Waals surface area contributed by atoms with Gasteiger partial charge in [-0.15, -0.1) is 0 Å². The molecule has 0 unspecified atom stereocenters. The molecule has 1 aliphatic rings. The van der Waals surface area contributed by atoms with E-state index in [4.69, 9.17) is 0 Å². The number of nitrogens with one attached hydrogen (secondary N) is 1. The maximum absolute atomic E-state index is 12.8. The van der Waals surface area contributed by atoms with Crippen molar-refractivity contribution >= 4 is 27.3 Å². The van der Waals surface area contributed by atoms with E-state index in [-0.39, 0.29) is 16.7 Å². The smallest absolute Gasteiger partial charge is 0.261 e. The van der Waals surface area contributed by atoms with Crippen molar-refractivity contribution in [1.82, 2.24) is 0 Å². The summed E-state index contributed by atoms with van der Waals surface area (Å²) in [5, 5.41) is 0. The van der Waals surface area contributed by atoms with Gasteiger partial charge in [0.05, 0.1) is 10.6 Å². The summed E-state index contributed by atoms with van der Waals surface area (Å²) in [6, 6.07) is 12.4. The summed E-state index contributed by atoms with van der Waals surface area (Å²) in [7, 11) is -3.68. The van der Waals surface area contributed by atoms with Gasteiger partial charge >= 0.3 is 0 Å². The van der Waals surface area contributed by atoms with Gasteiger partial charge in [-0.1, -0.05) is 32.0 Å². The summed E-state index contributed by atoms with van der Waals surface area (Å²) in [6.07, 6.45) is 0.668. The first-order chi connectivity index (χ1) is 11.8. The van der Waals surface area contributed by atoms with Crippen molar-refractivity contribution in [3.8, 4) is 0 Å². The van der Waals surface area contributed by atoms with Crippen molar-refractivity contribution in [3.05, 3.63) is 53.6 Å². The molecular weight excluding hydrogens is 336 g/mol. The molecule has 0 saturated heterocycles. The second kappa shape index (κ2) is 6.52. The van der Waals surface area contributed by atoms with Crippen LogP contribution in [0.1, 0.15) is 37.8 Å². The molecule has 2 aromatic carbocycles. The van der Waals surface area contributed by atoms with Gasteiger partial charge in [-0.05, 0) is 47.7 Å². The summed E-state index contributed by atoms with van der Waals surface area (Å²) in [6.45, 7) is 6.17. The van der Waals surface area contributed by atoms with Crippen LogP contribution in [0.25, 0.3) is 0 Å². The lowest BCUT2D eigenvalue weighted by molar-refractivity contribution is -0.116. The van der Waals surface area contributed by atoms with Crippen LogP contribution in [0.3, 0.4) is 0 Å². The molecule has 3 rings (SSSR count). The lowest BCUT2D eigenvalue weighted by Gasteiger charge is -2.16. The van der Waals surface area contributed by atoms with E-state index in [1.54, 1.807) is 29.2 Å². The number of carbonyl (C=O) groups excluding carboxylic acids is 1. The third-order valence-corrected chi connectivity index (χ3v) is 5.83. The lowest BCUT2D eigenvalue weighted by atomic mass is 10.0. The number of carbonyl (C=O) groups is 1. The van der Waals surface area contributed by atoms with E-state index < -0.39 is 10.0 Å². The van der Waals surface area contributed by atoms with Crippen molar-refractivity contribution in [2.45, 2.75) is 38.0 Å². The van der Waals surface area contributed by atoms with Crippen LogP contribution in [-0.2, 0) is 21.2 Å². The lowest BCUT2D eigenvalue weighted by Crippen LogP contribution is -2.25. The van der Waals surface area contributed by atoms with Gasteiger partial charge in [0, 0.05) is 19.2 Å². The third-order valence-electron chi connectivity index (χ3n) is 4.46. The van der Waals surface area contributed by atoms with Gasteiger partial charge in [0.1, 0.15) is 0 Å². The number of fused-ring (bicyclic) bond motifs is 1. The Hall–Kier alpha value is -2.34. The van der Waals surface area contributed by atoms with E-state index in [0.29, 0.717) is 18.7 Å². The summed E-state index contributed by atoms with van der Waals surface area (Å²) in [4.78, 5) is 13.5. The van der Waals surface area contributed by atoms with E-state index in [0.717, 1.165) is 16.8 Å². The van der Waals surface area contributed by atoms with E-state index in [1.807, 2.05) is 32.0 Å². The van der Waals surface area contributed by atoms with Crippen molar-refractivity contribution in [2.75, 3.05) is 16.2 Å². The highest BCUT2D eigenvalue weighted by molar-refractivity contribution is 7.92. The van der Waals surface area contributed by atoms with Gasteiger partial charge in [0.15, 0.2) is 0 Å². The summed E-state index contributed by atoms with van der Waals surface area (Å²) in [5.74, 6) is 0.182. The molecule has 1 amide bonds. The predicted octanol–water partition coefficient (Wildman–Crippen LogP) is 3.52. The summed E-state index contributed by atoms with van der Waals surface area (Å²) in [5.41, 5.74) is 3.24. The molecule has 2 aromatic rings. The zero-order valence-electron chi connectivity index (χ0n) is 14.6. The van der Waals surface area contributed by atoms with E-state index in [1.165, 1.54) is 6.92 Å². The quantitative estimate of drug-likeness (QED) is 0.909. The molecule has 0 saturated carbocycles. The molecule has 132 valence electrons. The maximum atomic E-state index is 12.8. The second-order valence-electron chi connectivity index (χ2n) is 6.56. The Morgan fingerprint density at radius 2 is 1.88 bits per heavy atom. The molecule has 25 heavy (non-hydrogen) atoms. The Morgan fingerprint density at radius 3 is 2.56 bits per heavy atom. The molecule has 1 N–H and O–H groups in total. The average Bonchev–Trinajstić information content (AvgIpc) is 2.98. The molecule has 0 radical (unpaired) electrons. The molecule has 0 fully saturated rings. The number of rotatable bonds is 4. The number of hydrogen-bond donors (Lipinski definition) is 1. The van der Waals surface area contributed by atoms with Gasteiger partial charge < -0.3 is 4.90 Å². The third kappa shape index (κ3) is 3.39. The van der Waals surface area contributed by atoms with Crippen molar-refractivity contribution in [1.29, 1.82) is 0 Å². The molecule has 6 heteroatoms. The Morgan fingerprint density at radius 1 is 1.16 bits per heavy atom. The Labute approximate surface area is 148 Å². The number of hydrogen-bond acceptors (Lipinski definition) is 3. The molecule has 0 aromatic heterocycles. The van der Waals surface area contributed by atoms with Crippen LogP contribution in [0.15, 0.2) is 47.4 Å². The first-order valence-corrected chi connectivity index (χ1v) is 9.80. The van der Waals surface area contributed by atoms with Gasteiger partial charge in [-0.25, -0.2) is 8.42 Å². The van der Waals surface area contributed by atoms with Gasteiger partial charge in [0.25, 0.3) is 10.0 Å². The van der Waals surface area contributed by atoms with E-state index in [9.17, 15) is 13.2 Å². The molecule has 0 spiro atoms. The average molecular weight is 358 g/mol. The van der Waals surface area contributed by atoms with Crippen LogP contribution in [0.4, 0.5) is 11.4 Å². The number of para-hydroxylation sites is 1. The van der Waals surface area contributed by atoms with Crippen LogP contribution < -0.4 is 9.62 Å². The summed E-state index contributed by atoms with van der Waals surface area (Å²) >= 11 is 0. The fourth-order valence-corrected chi connectivity index (χ4v) is 4.31. The van der Waals surface area contributed by atoms with E-state index >= 15 is 0 Å². The Kier molecular flexibility index (Phi) is 4.56. The van der Waals surface area contributed by atoms with Gasteiger partial charge in [-0.3, -0.25) is 9.52 Å². The van der Waals surface area contributed by atoms with Crippen LogP contribution in [0.2, 0.25) is 0 Å². The molecule has 0 bridgehead atoms. The minimum atomic E-state index is -3.68. The van der Waals surface area contributed by atoms with E-state index in [2.05, 4.69) is 4.72 Å². The van der Waals surface area contributed by atoms with Gasteiger partial charge in [-0.2, -0.15) is 0 Å². The van der Waals surface area contributed by atoms with Gasteiger partial charge in [0.2, 0.25) is 5.91 Å². The number of amides is 1. The predicted molar refractivity (Wildman–Crippen MR) is 99.5 cm³/mol. The maximum Gasteiger partial charge on any atom is 0.261 e. The zero-order chi connectivity index (χ0) is 18.2. The molecular formula is C19H22N2O3S. The highest BCUT2D eigenvalue weighted by Crippen LogP contribution is 2.31. The summed E-state index contributed by atoms with van der Waals surface area (Å²) < 4.78 is 28.3. The second-order valence-corrected chi connectivity index (χ2v) is 8.24. The SMILES string of the molecule is CC(=O)N1CCc2cc(S(=O)(=O)Nc3ccccc3C(C)C)ccc21. The molecule has 0 atom stereocenters. The first-order valence-electron chi connectivity index (χ1n) is 8.32. The monoisotopic (exact) mass is 358 g/mol. The largest absolute Gasteiger partial charge is 0.312 e. The number of benzene rings is 2. The highest BCUT2D eigenvalue weighted by Gasteiger charge is 2.25.